The van der Waals surface area contributed by atoms with Crippen LogP contribution in [0.15, 0.2) is 48.8 Å². The van der Waals surface area contributed by atoms with E-state index in [0.717, 1.165) is 44.5 Å². The Hall–Kier alpha value is -4.35. The second-order valence-corrected chi connectivity index (χ2v) is 17.9. The molecule has 0 saturated carbocycles. The number of hydrogen-bond acceptors (Lipinski definition) is 7. The fraction of sp³-hybridized carbons (Fsp3) is 0.382. The van der Waals surface area contributed by atoms with Crippen LogP contribution in [0.1, 0.15) is 62.3 Å². The van der Waals surface area contributed by atoms with Crippen molar-refractivity contribution in [2.75, 3.05) is 19.5 Å². The van der Waals surface area contributed by atoms with Gasteiger partial charge in [0, 0.05) is 46.4 Å². The average Bonchev–Trinajstić information content (AvgIpc) is 3.56. The Morgan fingerprint density at radius 3 is 2.47 bits per heavy atom. The molecule has 0 aliphatic heterocycles. The highest BCUT2D eigenvalue weighted by Crippen LogP contribution is 2.43. The van der Waals surface area contributed by atoms with E-state index >= 15 is 0 Å². The Morgan fingerprint density at radius 2 is 1.82 bits per heavy atom. The number of aromatic amines is 1. The number of hydrogen-bond donors (Lipinski definition) is 3. The van der Waals surface area contributed by atoms with E-state index in [-0.39, 0.29) is 16.6 Å². The fourth-order valence-corrected chi connectivity index (χ4v) is 6.27. The summed E-state index contributed by atoms with van der Waals surface area (Å²) in [7, 11) is 1.14. The third-order valence-corrected chi connectivity index (χ3v) is 13.3. The van der Waals surface area contributed by atoms with Crippen molar-refractivity contribution in [2.24, 2.45) is 0 Å². The third kappa shape index (κ3) is 6.14. The minimum Gasteiger partial charge on any atom is -0.497 e. The van der Waals surface area contributed by atoms with Gasteiger partial charge in [0.2, 0.25) is 0 Å². The summed E-state index contributed by atoms with van der Waals surface area (Å²) in [5.74, 6) is 1.13. The molecule has 5 rings (SSSR count). The number of fused-ring (bicyclic) bond motifs is 2. The number of carboxylic acid groups (broad SMARTS) is 1. The van der Waals surface area contributed by atoms with Crippen molar-refractivity contribution >= 4 is 42.0 Å². The first-order valence-electron chi connectivity index (χ1n) is 15.1. The predicted octanol–water partition coefficient (Wildman–Crippen LogP) is 8.01. The highest BCUT2D eigenvalue weighted by Gasteiger charge is 2.38. The molecule has 0 aliphatic carbocycles. The molecule has 2 aromatic carbocycles. The van der Waals surface area contributed by atoms with Crippen molar-refractivity contribution in [1.29, 1.82) is 0 Å². The molecule has 3 aromatic heterocycles. The van der Waals surface area contributed by atoms with Gasteiger partial charge in [-0.25, -0.2) is 14.8 Å². The molecule has 10 nitrogen and oxygen atoms in total. The first kappa shape index (κ1) is 32.1. The zero-order valence-corrected chi connectivity index (χ0v) is 28.5. The van der Waals surface area contributed by atoms with Gasteiger partial charge in [0.1, 0.15) is 29.3 Å². The molecule has 0 unspecified atom stereocenters. The molecule has 0 radical (unpaired) electrons. The zero-order valence-electron chi connectivity index (χ0n) is 27.5. The van der Waals surface area contributed by atoms with Crippen LogP contribution in [0.4, 0.5) is 5.82 Å². The van der Waals surface area contributed by atoms with Gasteiger partial charge < -0.3 is 33.9 Å². The highest BCUT2D eigenvalue weighted by atomic mass is 28.4. The molecular formula is C34H43N5O5Si. The monoisotopic (exact) mass is 629 g/mol. The molecule has 0 fully saturated rings. The molecule has 0 saturated heterocycles. The average molecular weight is 630 g/mol. The van der Waals surface area contributed by atoms with Crippen LogP contribution in [-0.2, 0) is 17.6 Å². The topological polar surface area (TPSA) is 124 Å². The van der Waals surface area contributed by atoms with E-state index < -0.39 is 14.3 Å². The van der Waals surface area contributed by atoms with Gasteiger partial charge in [0.05, 0.1) is 37.5 Å². The van der Waals surface area contributed by atoms with E-state index in [0.29, 0.717) is 30.5 Å². The van der Waals surface area contributed by atoms with Crippen molar-refractivity contribution in [1.82, 2.24) is 19.5 Å². The number of nitrogens with one attached hydrogen (secondary N) is 2. The number of anilines is 1. The number of methoxy groups -OCH3 is 2. The number of aromatic carboxylic acids is 1. The van der Waals surface area contributed by atoms with Gasteiger partial charge in [-0.15, -0.1) is 0 Å². The molecule has 238 valence electrons. The lowest BCUT2D eigenvalue weighted by molar-refractivity contribution is 0.0697. The van der Waals surface area contributed by atoms with Crippen LogP contribution in [0, 0.1) is 0 Å². The Kier molecular flexibility index (Phi) is 8.70. The molecule has 11 heteroatoms. The summed E-state index contributed by atoms with van der Waals surface area (Å²) in [6.07, 6.45) is 1.58. The van der Waals surface area contributed by atoms with Crippen LogP contribution in [-0.4, -0.2) is 53.1 Å². The minimum absolute atomic E-state index is 0.0279. The summed E-state index contributed by atoms with van der Waals surface area (Å²) in [5, 5.41) is 15.0. The maximum atomic E-state index is 11.7. The van der Waals surface area contributed by atoms with E-state index in [9.17, 15) is 9.90 Å². The number of carboxylic acids is 1. The Bertz CT molecular complexity index is 1870. The van der Waals surface area contributed by atoms with Crippen LogP contribution in [0.3, 0.4) is 0 Å². The van der Waals surface area contributed by atoms with Crippen molar-refractivity contribution in [3.8, 4) is 22.8 Å². The lowest BCUT2D eigenvalue weighted by Gasteiger charge is -2.36. The van der Waals surface area contributed by atoms with E-state index in [1.54, 1.807) is 32.7 Å². The molecule has 3 N–H and O–H groups in total. The van der Waals surface area contributed by atoms with Gasteiger partial charge in [0.25, 0.3) is 0 Å². The Morgan fingerprint density at radius 1 is 1.07 bits per heavy atom. The Balaban J connectivity index is 1.71. The van der Waals surface area contributed by atoms with Crippen LogP contribution >= 0.6 is 0 Å². The van der Waals surface area contributed by atoms with Gasteiger partial charge >= 0.3 is 5.97 Å². The molecule has 45 heavy (non-hydrogen) atoms. The fourth-order valence-electron chi connectivity index (χ4n) is 5.34. The maximum Gasteiger partial charge on any atom is 0.335 e. The maximum absolute atomic E-state index is 11.7. The number of ether oxygens (including phenoxy) is 2. The number of nitrogens with zero attached hydrogens (tertiary/aromatic N) is 3. The van der Waals surface area contributed by atoms with Gasteiger partial charge in [-0.2, -0.15) is 0 Å². The SMILES string of the molecule is COc1ccc(CNc2ncnc3c2c(-c2cc4ccc(C(=O)O)cc4[nH]2)c(CO[Si](C)(C)C(C)(C)C)n3C(C)C)c(OC)c1. The number of aromatic nitrogens is 4. The van der Waals surface area contributed by atoms with Crippen LogP contribution < -0.4 is 14.8 Å². The number of rotatable bonds is 11. The lowest BCUT2D eigenvalue weighted by atomic mass is 10.1. The smallest absolute Gasteiger partial charge is 0.335 e. The molecule has 5 aromatic rings. The van der Waals surface area contributed by atoms with Crippen molar-refractivity contribution < 1.29 is 23.8 Å². The van der Waals surface area contributed by atoms with Gasteiger partial charge in [0.15, 0.2) is 8.32 Å². The second kappa shape index (κ2) is 12.2. The predicted molar refractivity (Wildman–Crippen MR) is 181 cm³/mol. The van der Waals surface area contributed by atoms with Gasteiger partial charge in [-0.3, -0.25) is 0 Å². The van der Waals surface area contributed by atoms with Gasteiger partial charge in [-0.1, -0.05) is 26.8 Å². The summed E-state index contributed by atoms with van der Waals surface area (Å²) in [6, 6.07) is 13.0. The third-order valence-electron chi connectivity index (χ3n) is 8.86. The highest BCUT2D eigenvalue weighted by molar-refractivity contribution is 6.74. The van der Waals surface area contributed by atoms with Crippen LogP contribution in [0.25, 0.3) is 33.2 Å². The molecule has 0 bridgehead atoms. The lowest BCUT2D eigenvalue weighted by Crippen LogP contribution is -2.40. The van der Waals surface area contributed by atoms with Crippen molar-refractivity contribution in [3.05, 3.63) is 65.6 Å². The minimum atomic E-state index is -2.13. The summed E-state index contributed by atoms with van der Waals surface area (Å²) >= 11 is 0. The zero-order chi connectivity index (χ0) is 32.7. The first-order valence-corrected chi connectivity index (χ1v) is 18.0. The number of benzene rings is 2. The molecule has 0 atom stereocenters. The molecule has 0 amide bonds. The standard InChI is InChI=1S/C34H43N5O5Si/c1-20(2)39-27(18-44-45(8,9)34(3,4)5)29(26-14-21-10-11-22(33(40)41)15-25(21)38-26)30-31(36-19-37-32(30)39)35-17-23-12-13-24(42-6)16-28(23)43-7/h10-16,19-20,38H,17-18H2,1-9H3,(H,40,41)(H,35,36,37). The summed E-state index contributed by atoms with van der Waals surface area (Å²) in [6.45, 7) is 16.3. The van der Waals surface area contributed by atoms with Gasteiger partial charge in [-0.05, 0) is 62.3 Å². The van der Waals surface area contributed by atoms with E-state index in [2.05, 4.69) is 68.6 Å². The van der Waals surface area contributed by atoms with E-state index in [1.807, 2.05) is 24.3 Å². The first-order chi connectivity index (χ1) is 21.3. The molecular weight excluding hydrogens is 586 g/mol. The second-order valence-electron chi connectivity index (χ2n) is 13.1. The summed E-state index contributed by atoms with van der Waals surface area (Å²) in [4.78, 5) is 24.8. The van der Waals surface area contributed by atoms with Crippen molar-refractivity contribution in [3.63, 3.8) is 0 Å². The summed E-state index contributed by atoms with van der Waals surface area (Å²) < 4.78 is 20.1. The largest absolute Gasteiger partial charge is 0.497 e. The van der Waals surface area contributed by atoms with E-state index in [1.165, 1.54) is 0 Å². The summed E-state index contributed by atoms with van der Waals surface area (Å²) in [5.41, 5.74) is 5.45. The van der Waals surface area contributed by atoms with Crippen LogP contribution in [0.2, 0.25) is 18.1 Å². The molecule has 3 heterocycles. The quantitative estimate of drug-likeness (QED) is 0.126. The number of H-pyrrole nitrogens is 1. The van der Waals surface area contributed by atoms with E-state index in [4.69, 9.17) is 23.9 Å². The molecule has 0 aliphatic rings. The number of carbonyl (C=O) groups is 1. The molecule has 0 spiro atoms. The normalized spacial score (nSPS) is 12.3. The Labute approximate surface area is 264 Å². The van der Waals surface area contributed by atoms with Crippen LogP contribution in [0.5, 0.6) is 11.5 Å². The van der Waals surface area contributed by atoms with Crippen molar-refractivity contribution in [2.45, 2.75) is 71.9 Å².